The third-order valence-electron chi connectivity index (χ3n) is 4.55. The van der Waals surface area contributed by atoms with E-state index in [2.05, 4.69) is 5.32 Å². The molecule has 1 heterocycles. The SMILES string of the molecule is O=C(NCc1ccccc1Cl)C1CCCN(S(=O)(=O)c2ccccc2)C1. The second kappa shape index (κ2) is 8.20. The van der Waals surface area contributed by atoms with Crippen molar-refractivity contribution in [2.24, 2.45) is 5.92 Å². The van der Waals surface area contributed by atoms with Crippen LogP contribution in [0.5, 0.6) is 0 Å². The fourth-order valence-corrected chi connectivity index (χ4v) is 4.83. The maximum absolute atomic E-state index is 12.8. The standard InChI is InChI=1S/C19H21ClN2O3S/c20-18-11-5-4-7-15(18)13-21-19(23)16-8-6-12-22(14-16)26(24,25)17-9-2-1-3-10-17/h1-5,7,9-11,16H,6,8,12-14H2,(H,21,23). The van der Waals surface area contributed by atoms with Gasteiger partial charge in [0.15, 0.2) is 0 Å². The molecule has 1 N–H and O–H groups in total. The van der Waals surface area contributed by atoms with Crippen molar-refractivity contribution in [1.82, 2.24) is 9.62 Å². The van der Waals surface area contributed by atoms with Crippen molar-refractivity contribution in [3.63, 3.8) is 0 Å². The topological polar surface area (TPSA) is 66.5 Å². The number of hydrogen-bond donors (Lipinski definition) is 1. The van der Waals surface area contributed by atoms with E-state index in [1.54, 1.807) is 36.4 Å². The van der Waals surface area contributed by atoms with Crippen LogP contribution in [0.2, 0.25) is 5.02 Å². The minimum absolute atomic E-state index is 0.141. The van der Waals surface area contributed by atoms with E-state index in [0.29, 0.717) is 31.0 Å². The van der Waals surface area contributed by atoms with Crippen molar-refractivity contribution < 1.29 is 13.2 Å². The van der Waals surface area contributed by atoms with Gasteiger partial charge in [-0.25, -0.2) is 8.42 Å². The number of nitrogens with zero attached hydrogens (tertiary/aromatic N) is 1. The number of hydrogen-bond acceptors (Lipinski definition) is 3. The normalized spacial score (nSPS) is 18.4. The van der Waals surface area contributed by atoms with E-state index >= 15 is 0 Å². The molecule has 5 nitrogen and oxygen atoms in total. The maximum atomic E-state index is 12.8. The molecule has 26 heavy (non-hydrogen) atoms. The number of sulfonamides is 1. The highest BCUT2D eigenvalue weighted by molar-refractivity contribution is 7.89. The molecular weight excluding hydrogens is 372 g/mol. The Balaban J connectivity index is 1.65. The highest BCUT2D eigenvalue weighted by Gasteiger charge is 2.33. The first kappa shape index (κ1) is 18.9. The Bertz CT molecular complexity index is 871. The average Bonchev–Trinajstić information content (AvgIpc) is 2.68. The Kier molecular flexibility index (Phi) is 5.96. The van der Waals surface area contributed by atoms with Gasteiger partial charge in [-0.1, -0.05) is 48.0 Å². The van der Waals surface area contributed by atoms with Crippen LogP contribution < -0.4 is 5.32 Å². The highest BCUT2D eigenvalue weighted by Crippen LogP contribution is 2.24. The molecule has 0 radical (unpaired) electrons. The molecule has 0 spiro atoms. The summed E-state index contributed by atoms with van der Waals surface area (Å²) in [5, 5.41) is 3.48. The zero-order chi connectivity index (χ0) is 18.6. The summed E-state index contributed by atoms with van der Waals surface area (Å²) in [5.74, 6) is -0.498. The van der Waals surface area contributed by atoms with Gasteiger partial charge >= 0.3 is 0 Å². The van der Waals surface area contributed by atoms with E-state index in [9.17, 15) is 13.2 Å². The van der Waals surface area contributed by atoms with E-state index < -0.39 is 10.0 Å². The monoisotopic (exact) mass is 392 g/mol. The highest BCUT2D eigenvalue weighted by atomic mass is 35.5. The summed E-state index contributed by atoms with van der Waals surface area (Å²) in [6.07, 6.45) is 1.34. The molecule has 1 aliphatic rings. The number of nitrogens with one attached hydrogen (secondary N) is 1. The van der Waals surface area contributed by atoms with Crippen LogP contribution in [-0.2, 0) is 21.4 Å². The van der Waals surface area contributed by atoms with Gasteiger partial charge < -0.3 is 5.32 Å². The quantitative estimate of drug-likeness (QED) is 0.850. The molecule has 2 aromatic rings. The molecule has 2 aromatic carbocycles. The number of halogens is 1. The van der Waals surface area contributed by atoms with Crippen molar-refractivity contribution in [2.75, 3.05) is 13.1 Å². The zero-order valence-corrected chi connectivity index (χ0v) is 15.8. The largest absolute Gasteiger partial charge is 0.352 e. The molecule has 1 atom stereocenters. The fraction of sp³-hybridized carbons (Fsp3) is 0.316. The molecule has 1 aliphatic heterocycles. The predicted molar refractivity (Wildman–Crippen MR) is 101 cm³/mol. The summed E-state index contributed by atoms with van der Waals surface area (Å²) in [5.41, 5.74) is 0.840. The van der Waals surface area contributed by atoms with Gasteiger partial charge in [-0.3, -0.25) is 4.79 Å². The minimum Gasteiger partial charge on any atom is -0.352 e. The smallest absolute Gasteiger partial charge is 0.243 e. The van der Waals surface area contributed by atoms with Crippen LogP contribution >= 0.6 is 11.6 Å². The summed E-state index contributed by atoms with van der Waals surface area (Å²) >= 11 is 6.11. The van der Waals surface area contributed by atoms with E-state index in [0.717, 1.165) is 5.56 Å². The molecule has 138 valence electrons. The van der Waals surface area contributed by atoms with Gasteiger partial charge in [0.1, 0.15) is 0 Å². The van der Waals surface area contributed by atoms with Crippen LogP contribution in [0.4, 0.5) is 0 Å². The lowest BCUT2D eigenvalue weighted by atomic mass is 9.99. The Morgan fingerprint density at radius 1 is 1.12 bits per heavy atom. The third kappa shape index (κ3) is 4.26. The Morgan fingerprint density at radius 2 is 1.81 bits per heavy atom. The van der Waals surface area contributed by atoms with Crippen molar-refractivity contribution in [3.8, 4) is 0 Å². The first-order valence-electron chi connectivity index (χ1n) is 8.55. The number of amides is 1. The van der Waals surface area contributed by atoms with E-state index in [1.807, 2.05) is 18.2 Å². The van der Waals surface area contributed by atoms with Crippen molar-refractivity contribution >= 4 is 27.5 Å². The molecule has 3 rings (SSSR count). The molecule has 0 aromatic heterocycles. The summed E-state index contributed by atoms with van der Waals surface area (Å²) in [7, 11) is -3.57. The number of piperidine rings is 1. The summed E-state index contributed by atoms with van der Waals surface area (Å²) in [6.45, 7) is 0.970. The Morgan fingerprint density at radius 3 is 2.54 bits per heavy atom. The lowest BCUT2D eigenvalue weighted by Crippen LogP contribution is -2.45. The number of rotatable bonds is 5. The van der Waals surface area contributed by atoms with Crippen LogP contribution in [0, 0.1) is 5.92 Å². The predicted octanol–water partition coefficient (Wildman–Crippen LogP) is 3.06. The van der Waals surface area contributed by atoms with Gasteiger partial charge in [0, 0.05) is 24.7 Å². The number of carbonyl (C=O) groups excluding carboxylic acids is 1. The molecule has 0 aliphatic carbocycles. The maximum Gasteiger partial charge on any atom is 0.243 e. The van der Waals surface area contributed by atoms with Gasteiger partial charge in [0.2, 0.25) is 15.9 Å². The van der Waals surface area contributed by atoms with Gasteiger partial charge in [0.05, 0.1) is 10.8 Å². The molecular formula is C19H21ClN2O3S. The molecule has 0 saturated carbocycles. The van der Waals surface area contributed by atoms with Crippen molar-refractivity contribution in [2.45, 2.75) is 24.3 Å². The molecule has 7 heteroatoms. The summed E-state index contributed by atoms with van der Waals surface area (Å²) in [6, 6.07) is 15.7. The van der Waals surface area contributed by atoms with E-state index in [1.165, 1.54) is 4.31 Å². The Labute approximate surface area is 159 Å². The fourth-order valence-electron chi connectivity index (χ4n) is 3.08. The average molecular weight is 393 g/mol. The van der Waals surface area contributed by atoms with Gasteiger partial charge in [-0.15, -0.1) is 0 Å². The van der Waals surface area contributed by atoms with E-state index in [4.69, 9.17) is 11.6 Å². The lowest BCUT2D eigenvalue weighted by Gasteiger charge is -2.31. The molecule has 1 fully saturated rings. The van der Waals surface area contributed by atoms with Crippen molar-refractivity contribution in [3.05, 3.63) is 65.2 Å². The van der Waals surface area contributed by atoms with Gasteiger partial charge in [0.25, 0.3) is 0 Å². The number of carbonyl (C=O) groups is 1. The van der Waals surface area contributed by atoms with Crippen LogP contribution in [0.25, 0.3) is 0 Å². The minimum atomic E-state index is -3.57. The first-order chi connectivity index (χ1) is 12.5. The molecule has 0 bridgehead atoms. The summed E-state index contributed by atoms with van der Waals surface area (Å²) < 4.78 is 26.9. The van der Waals surface area contributed by atoms with Gasteiger partial charge in [-0.05, 0) is 36.6 Å². The molecule has 1 unspecified atom stereocenters. The van der Waals surface area contributed by atoms with Gasteiger partial charge in [-0.2, -0.15) is 4.31 Å². The van der Waals surface area contributed by atoms with Crippen LogP contribution in [0.1, 0.15) is 18.4 Å². The molecule has 1 saturated heterocycles. The third-order valence-corrected chi connectivity index (χ3v) is 6.79. The van der Waals surface area contributed by atoms with Crippen LogP contribution in [-0.4, -0.2) is 31.7 Å². The second-order valence-corrected chi connectivity index (χ2v) is 8.67. The molecule has 1 amide bonds. The van der Waals surface area contributed by atoms with Crippen LogP contribution in [0.3, 0.4) is 0 Å². The summed E-state index contributed by atoms with van der Waals surface area (Å²) in [4.78, 5) is 12.8. The van der Waals surface area contributed by atoms with Crippen molar-refractivity contribution in [1.29, 1.82) is 0 Å². The Hall–Kier alpha value is -1.89. The second-order valence-electron chi connectivity index (χ2n) is 6.32. The first-order valence-corrected chi connectivity index (χ1v) is 10.4. The van der Waals surface area contributed by atoms with Crippen LogP contribution in [0.15, 0.2) is 59.5 Å². The zero-order valence-electron chi connectivity index (χ0n) is 14.3. The number of benzene rings is 2. The van der Waals surface area contributed by atoms with E-state index in [-0.39, 0.29) is 23.3 Å². The lowest BCUT2D eigenvalue weighted by molar-refractivity contribution is -0.126.